The standard InChI is InChI=1S/C12H20ClNOS/c13-11(10-1-2-10)8-14-12(15)7-9-3-5-16-6-4-9/h9-11H,1-8H2,(H,14,15). The minimum atomic E-state index is 0.158. The van der Waals surface area contributed by atoms with Crippen LogP contribution in [0.25, 0.3) is 0 Å². The van der Waals surface area contributed by atoms with Gasteiger partial charge in [0.2, 0.25) is 5.91 Å². The Morgan fingerprint density at radius 1 is 1.31 bits per heavy atom. The molecule has 4 heteroatoms. The predicted molar refractivity (Wildman–Crippen MR) is 70.0 cm³/mol. The minimum Gasteiger partial charge on any atom is -0.355 e. The topological polar surface area (TPSA) is 29.1 Å². The van der Waals surface area contributed by atoms with Gasteiger partial charge in [-0.3, -0.25) is 4.79 Å². The number of hydrogen-bond acceptors (Lipinski definition) is 2. The molecule has 2 aliphatic rings. The molecule has 2 nitrogen and oxygen atoms in total. The number of nitrogens with one attached hydrogen (secondary N) is 1. The molecule has 1 saturated heterocycles. The van der Waals surface area contributed by atoms with Crippen molar-refractivity contribution in [2.45, 2.75) is 37.5 Å². The third-order valence-electron chi connectivity index (χ3n) is 3.44. The first-order chi connectivity index (χ1) is 7.75. The molecule has 1 saturated carbocycles. The average Bonchev–Trinajstić information content (AvgIpc) is 3.11. The second-order valence-corrected chi connectivity index (χ2v) is 6.70. The Morgan fingerprint density at radius 2 is 2.00 bits per heavy atom. The van der Waals surface area contributed by atoms with Crippen molar-refractivity contribution in [3.63, 3.8) is 0 Å². The van der Waals surface area contributed by atoms with Gasteiger partial charge in [0.1, 0.15) is 0 Å². The molecule has 0 aromatic heterocycles. The van der Waals surface area contributed by atoms with Crippen molar-refractivity contribution < 1.29 is 4.79 Å². The molecule has 1 N–H and O–H groups in total. The number of halogens is 1. The first-order valence-corrected chi connectivity index (χ1v) is 7.83. The summed E-state index contributed by atoms with van der Waals surface area (Å²) in [5.41, 5.74) is 0. The first kappa shape index (κ1) is 12.6. The maximum atomic E-state index is 11.7. The van der Waals surface area contributed by atoms with Gasteiger partial charge in [-0.25, -0.2) is 0 Å². The Hall–Kier alpha value is 0.110. The Labute approximate surface area is 107 Å². The van der Waals surface area contributed by atoms with Gasteiger partial charge in [-0.15, -0.1) is 11.6 Å². The van der Waals surface area contributed by atoms with Crippen molar-refractivity contribution in [3.8, 4) is 0 Å². The molecule has 1 aliphatic carbocycles. The third kappa shape index (κ3) is 4.17. The molecule has 2 rings (SSSR count). The Kier molecular flexibility index (Phi) is 4.83. The molecular weight excluding hydrogens is 242 g/mol. The monoisotopic (exact) mass is 261 g/mol. The molecule has 0 spiro atoms. The molecule has 1 unspecified atom stereocenters. The van der Waals surface area contributed by atoms with Crippen LogP contribution in [0.3, 0.4) is 0 Å². The van der Waals surface area contributed by atoms with Crippen LogP contribution in [-0.2, 0) is 4.79 Å². The van der Waals surface area contributed by atoms with E-state index in [0.29, 0.717) is 24.8 Å². The summed E-state index contributed by atoms with van der Waals surface area (Å²) in [7, 11) is 0. The SMILES string of the molecule is O=C(CC1CCSCC1)NCC(Cl)C1CC1. The van der Waals surface area contributed by atoms with Crippen LogP contribution < -0.4 is 5.32 Å². The molecule has 0 radical (unpaired) electrons. The van der Waals surface area contributed by atoms with Crippen LogP contribution in [0.4, 0.5) is 0 Å². The number of carbonyl (C=O) groups excluding carboxylic acids is 1. The van der Waals surface area contributed by atoms with Gasteiger partial charge in [0, 0.05) is 13.0 Å². The van der Waals surface area contributed by atoms with Gasteiger partial charge in [-0.05, 0) is 49.0 Å². The Bertz CT molecular complexity index is 239. The molecule has 92 valence electrons. The lowest BCUT2D eigenvalue weighted by Gasteiger charge is -2.21. The number of carbonyl (C=O) groups is 1. The maximum absolute atomic E-state index is 11.7. The van der Waals surface area contributed by atoms with Crippen molar-refractivity contribution >= 4 is 29.3 Å². The molecule has 0 aromatic rings. The number of hydrogen-bond donors (Lipinski definition) is 1. The molecule has 0 bridgehead atoms. The van der Waals surface area contributed by atoms with Crippen molar-refractivity contribution in [3.05, 3.63) is 0 Å². The summed E-state index contributed by atoms with van der Waals surface area (Å²) in [6.45, 7) is 0.659. The van der Waals surface area contributed by atoms with Gasteiger partial charge in [-0.1, -0.05) is 0 Å². The summed E-state index contributed by atoms with van der Waals surface area (Å²) in [4.78, 5) is 11.7. The molecule has 0 aromatic carbocycles. The zero-order valence-corrected chi connectivity index (χ0v) is 11.2. The first-order valence-electron chi connectivity index (χ1n) is 6.24. The third-order valence-corrected chi connectivity index (χ3v) is 5.00. The highest BCUT2D eigenvalue weighted by Gasteiger charge is 2.29. The zero-order chi connectivity index (χ0) is 11.4. The maximum Gasteiger partial charge on any atom is 0.220 e. The number of thioether (sulfide) groups is 1. The summed E-state index contributed by atoms with van der Waals surface area (Å²) >= 11 is 8.15. The Balaban J connectivity index is 1.59. The fraction of sp³-hybridized carbons (Fsp3) is 0.917. The summed E-state index contributed by atoms with van der Waals surface area (Å²) in [5, 5.41) is 3.13. The van der Waals surface area contributed by atoms with Gasteiger partial charge >= 0.3 is 0 Å². The van der Waals surface area contributed by atoms with E-state index < -0.39 is 0 Å². The van der Waals surface area contributed by atoms with Crippen molar-refractivity contribution in [1.82, 2.24) is 5.32 Å². The van der Waals surface area contributed by atoms with Crippen molar-refractivity contribution in [1.29, 1.82) is 0 Å². The molecule has 1 amide bonds. The summed E-state index contributed by atoms with van der Waals surface area (Å²) in [6, 6.07) is 0. The van der Waals surface area contributed by atoms with Crippen LogP contribution in [-0.4, -0.2) is 29.3 Å². The van der Waals surface area contributed by atoms with E-state index in [1.165, 1.54) is 37.2 Å². The zero-order valence-electron chi connectivity index (χ0n) is 9.58. The summed E-state index contributed by atoms with van der Waals surface area (Å²) < 4.78 is 0. The lowest BCUT2D eigenvalue weighted by molar-refractivity contribution is -0.122. The van der Waals surface area contributed by atoms with Crippen molar-refractivity contribution in [2.24, 2.45) is 11.8 Å². The summed E-state index contributed by atoms with van der Waals surface area (Å²) in [5.74, 6) is 3.91. The molecule has 16 heavy (non-hydrogen) atoms. The largest absolute Gasteiger partial charge is 0.355 e. The van der Waals surface area contributed by atoms with Gasteiger partial charge in [-0.2, -0.15) is 11.8 Å². The number of amides is 1. The number of rotatable bonds is 5. The normalized spacial score (nSPS) is 24.1. The van der Waals surface area contributed by atoms with E-state index in [1.807, 2.05) is 11.8 Å². The predicted octanol–water partition coefficient (Wildman–Crippen LogP) is 2.65. The van der Waals surface area contributed by atoms with Gasteiger partial charge in [0.05, 0.1) is 5.38 Å². The van der Waals surface area contributed by atoms with E-state index >= 15 is 0 Å². The van der Waals surface area contributed by atoms with Gasteiger partial charge < -0.3 is 5.32 Å². The van der Waals surface area contributed by atoms with E-state index in [9.17, 15) is 4.79 Å². The highest BCUT2D eigenvalue weighted by Crippen LogP contribution is 2.35. The Morgan fingerprint density at radius 3 is 2.62 bits per heavy atom. The van der Waals surface area contributed by atoms with E-state index in [4.69, 9.17) is 11.6 Å². The molecule has 2 fully saturated rings. The highest BCUT2D eigenvalue weighted by atomic mass is 35.5. The van der Waals surface area contributed by atoms with Crippen LogP contribution in [0.5, 0.6) is 0 Å². The second-order valence-electron chi connectivity index (χ2n) is 4.92. The molecule has 1 atom stereocenters. The summed E-state index contributed by atoms with van der Waals surface area (Å²) in [6.07, 6.45) is 5.58. The van der Waals surface area contributed by atoms with Crippen LogP contribution in [0, 0.1) is 11.8 Å². The molecule has 1 heterocycles. The smallest absolute Gasteiger partial charge is 0.220 e. The quantitative estimate of drug-likeness (QED) is 0.771. The van der Waals surface area contributed by atoms with Crippen LogP contribution in [0.15, 0.2) is 0 Å². The lowest BCUT2D eigenvalue weighted by Crippen LogP contribution is -2.32. The minimum absolute atomic E-state index is 0.158. The highest BCUT2D eigenvalue weighted by molar-refractivity contribution is 7.99. The number of alkyl halides is 1. The fourth-order valence-electron chi connectivity index (χ4n) is 2.12. The van der Waals surface area contributed by atoms with Crippen LogP contribution in [0.2, 0.25) is 0 Å². The van der Waals surface area contributed by atoms with Gasteiger partial charge in [0.25, 0.3) is 0 Å². The van der Waals surface area contributed by atoms with Gasteiger partial charge in [0.15, 0.2) is 0 Å². The molecular formula is C12H20ClNOS. The van der Waals surface area contributed by atoms with Crippen LogP contribution in [0.1, 0.15) is 32.1 Å². The van der Waals surface area contributed by atoms with E-state index in [0.717, 1.165) is 0 Å². The van der Waals surface area contributed by atoms with E-state index in [2.05, 4.69) is 5.32 Å². The fourth-order valence-corrected chi connectivity index (χ4v) is 3.65. The lowest BCUT2D eigenvalue weighted by atomic mass is 9.98. The van der Waals surface area contributed by atoms with Crippen molar-refractivity contribution in [2.75, 3.05) is 18.1 Å². The van der Waals surface area contributed by atoms with E-state index in [-0.39, 0.29) is 11.3 Å². The second kappa shape index (κ2) is 6.15. The molecule has 1 aliphatic heterocycles. The van der Waals surface area contributed by atoms with Crippen LogP contribution >= 0.6 is 23.4 Å². The van der Waals surface area contributed by atoms with E-state index in [1.54, 1.807) is 0 Å². The average molecular weight is 262 g/mol.